The summed E-state index contributed by atoms with van der Waals surface area (Å²) in [5.41, 5.74) is 1.97. The van der Waals surface area contributed by atoms with Crippen molar-refractivity contribution in [2.24, 2.45) is 0 Å². The van der Waals surface area contributed by atoms with Crippen molar-refractivity contribution in [3.63, 3.8) is 0 Å². The van der Waals surface area contributed by atoms with Crippen LogP contribution in [0.4, 0.5) is 0 Å². The molecule has 0 fully saturated rings. The van der Waals surface area contributed by atoms with E-state index in [1.807, 2.05) is 24.3 Å². The highest BCUT2D eigenvalue weighted by Gasteiger charge is 2.16. The smallest absolute Gasteiger partial charge is 0.341 e. The summed E-state index contributed by atoms with van der Waals surface area (Å²) in [5.74, 6) is 0.166. The van der Waals surface area contributed by atoms with Crippen molar-refractivity contribution in [2.75, 3.05) is 0 Å². The van der Waals surface area contributed by atoms with Crippen LogP contribution in [0.3, 0.4) is 0 Å². The molecule has 0 amide bonds. The lowest BCUT2D eigenvalue weighted by atomic mass is 9.99. The first-order valence-electron chi connectivity index (χ1n) is 6.99. The molecule has 21 heavy (non-hydrogen) atoms. The van der Waals surface area contributed by atoms with Gasteiger partial charge in [0.1, 0.15) is 11.3 Å². The molecule has 0 radical (unpaired) electrons. The van der Waals surface area contributed by atoms with Crippen molar-refractivity contribution in [1.29, 1.82) is 0 Å². The molecule has 0 saturated heterocycles. The second kappa shape index (κ2) is 6.39. The number of rotatable bonds is 5. The summed E-state index contributed by atoms with van der Waals surface area (Å²) in [4.78, 5) is 15.3. The molecule has 1 heterocycles. The van der Waals surface area contributed by atoms with Crippen molar-refractivity contribution in [2.45, 2.75) is 33.1 Å². The van der Waals surface area contributed by atoms with Gasteiger partial charge in [0.25, 0.3) is 0 Å². The van der Waals surface area contributed by atoms with Gasteiger partial charge >= 0.3 is 5.97 Å². The number of carbonyl (C=O) groups is 1. The van der Waals surface area contributed by atoms with Gasteiger partial charge in [-0.25, -0.2) is 9.78 Å². The highest BCUT2D eigenvalue weighted by atomic mass is 16.5. The Morgan fingerprint density at radius 1 is 1.29 bits per heavy atom. The number of pyridine rings is 1. The lowest BCUT2D eigenvalue weighted by Gasteiger charge is -2.12. The molecule has 1 aromatic carbocycles. The molecule has 1 unspecified atom stereocenters. The topological polar surface area (TPSA) is 59.4 Å². The molecule has 1 N–H and O–H groups in total. The number of nitrogens with zero attached hydrogens (tertiary/aromatic N) is 1. The van der Waals surface area contributed by atoms with E-state index in [9.17, 15) is 9.90 Å². The molecule has 0 bridgehead atoms. The quantitative estimate of drug-likeness (QED) is 0.884. The van der Waals surface area contributed by atoms with E-state index in [1.165, 1.54) is 5.56 Å². The number of aryl methyl sites for hydroxylation is 1. The maximum atomic E-state index is 11.3. The van der Waals surface area contributed by atoms with Gasteiger partial charge in [-0.2, -0.15) is 0 Å². The highest BCUT2D eigenvalue weighted by Crippen LogP contribution is 2.27. The fourth-order valence-corrected chi connectivity index (χ4v) is 2.08. The predicted octanol–water partition coefficient (Wildman–Crippen LogP) is 4.39. The summed E-state index contributed by atoms with van der Waals surface area (Å²) in [5, 5.41) is 9.25. The highest BCUT2D eigenvalue weighted by molar-refractivity contribution is 5.91. The SMILES string of the molecule is CCC(C)c1ccc(Oc2nccc(C)c2C(=O)O)cc1. The summed E-state index contributed by atoms with van der Waals surface area (Å²) in [7, 11) is 0. The van der Waals surface area contributed by atoms with Crippen LogP contribution >= 0.6 is 0 Å². The number of aromatic nitrogens is 1. The molecule has 1 atom stereocenters. The molecule has 4 heteroatoms. The molecule has 0 saturated carbocycles. The van der Waals surface area contributed by atoms with E-state index in [1.54, 1.807) is 19.2 Å². The zero-order valence-electron chi connectivity index (χ0n) is 12.5. The van der Waals surface area contributed by atoms with E-state index in [2.05, 4.69) is 18.8 Å². The van der Waals surface area contributed by atoms with Crippen LogP contribution in [0.25, 0.3) is 0 Å². The molecular formula is C17H19NO3. The molecule has 0 aliphatic rings. The predicted molar refractivity (Wildman–Crippen MR) is 81.2 cm³/mol. The van der Waals surface area contributed by atoms with Gasteiger partial charge in [-0.05, 0) is 48.6 Å². The van der Waals surface area contributed by atoms with Gasteiger partial charge in [0.05, 0.1) is 0 Å². The Kier molecular flexibility index (Phi) is 4.58. The number of hydrogen-bond donors (Lipinski definition) is 1. The first kappa shape index (κ1) is 15.0. The van der Waals surface area contributed by atoms with Gasteiger partial charge in [0.2, 0.25) is 5.88 Å². The third-order valence-corrected chi connectivity index (χ3v) is 3.61. The molecule has 0 aliphatic carbocycles. The van der Waals surface area contributed by atoms with Crippen molar-refractivity contribution < 1.29 is 14.6 Å². The van der Waals surface area contributed by atoms with Gasteiger partial charge in [0, 0.05) is 6.20 Å². The Balaban J connectivity index is 2.27. The molecule has 1 aromatic heterocycles. The molecule has 4 nitrogen and oxygen atoms in total. The maximum Gasteiger partial charge on any atom is 0.341 e. The number of carboxylic acids is 1. The second-order valence-corrected chi connectivity index (χ2v) is 5.09. The second-order valence-electron chi connectivity index (χ2n) is 5.09. The monoisotopic (exact) mass is 285 g/mol. The van der Waals surface area contributed by atoms with Crippen LogP contribution in [0.2, 0.25) is 0 Å². The van der Waals surface area contributed by atoms with Gasteiger partial charge in [-0.15, -0.1) is 0 Å². The van der Waals surface area contributed by atoms with Crippen LogP contribution in [0.15, 0.2) is 36.5 Å². The van der Waals surface area contributed by atoms with Gasteiger partial charge in [-0.1, -0.05) is 26.0 Å². The van der Waals surface area contributed by atoms with Crippen LogP contribution in [0.1, 0.15) is 47.7 Å². The molecule has 2 rings (SSSR count). The van der Waals surface area contributed by atoms with Crippen LogP contribution in [0, 0.1) is 6.92 Å². The molecule has 110 valence electrons. The summed E-state index contributed by atoms with van der Waals surface area (Å²) in [6, 6.07) is 9.34. The lowest BCUT2D eigenvalue weighted by molar-refractivity contribution is 0.0692. The summed E-state index contributed by atoms with van der Waals surface area (Å²) in [6.45, 7) is 6.04. The number of aromatic carboxylic acids is 1. The van der Waals surface area contributed by atoms with Crippen molar-refractivity contribution in [3.05, 3.63) is 53.2 Å². The Morgan fingerprint density at radius 3 is 2.52 bits per heavy atom. The minimum atomic E-state index is -1.04. The number of benzene rings is 1. The largest absolute Gasteiger partial charge is 0.477 e. The lowest BCUT2D eigenvalue weighted by Crippen LogP contribution is -2.04. The van der Waals surface area contributed by atoms with Gasteiger partial charge in [0.15, 0.2) is 0 Å². The Bertz CT molecular complexity index is 635. The molecule has 0 aliphatic heterocycles. The minimum absolute atomic E-state index is 0.100. The van der Waals surface area contributed by atoms with Crippen LogP contribution < -0.4 is 4.74 Å². The van der Waals surface area contributed by atoms with Gasteiger partial charge < -0.3 is 9.84 Å². The number of ether oxygens (including phenoxy) is 1. The fraction of sp³-hybridized carbons (Fsp3) is 0.294. The fourth-order valence-electron chi connectivity index (χ4n) is 2.08. The zero-order valence-corrected chi connectivity index (χ0v) is 12.5. The Hall–Kier alpha value is -2.36. The van der Waals surface area contributed by atoms with E-state index in [4.69, 9.17) is 4.74 Å². The van der Waals surface area contributed by atoms with Crippen molar-refractivity contribution in [1.82, 2.24) is 4.98 Å². The minimum Gasteiger partial charge on any atom is -0.477 e. The number of hydrogen-bond acceptors (Lipinski definition) is 3. The first-order chi connectivity index (χ1) is 10.0. The third kappa shape index (κ3) is 3.40. The van der Waals surface area contributed by atoms with E-state index >= 15 is 0 Å². The van der Waals surface area contributed by atoms with E-state index in [0.29, 0.717) is 17.2 Å². The van der Waals surface area contributed by atoms with Crippen molar-refractivity contribution in [3.8, 4) is 11.6 Å². The van der Waals surface area contributed by atoms with E-state index < -0.39 is 5.97 Å². The third-order valence-electron chi connectivity index (χ3n) is 3.61. The zero-order chi connectivity index (χ0) is 15.4. The summed E-state index contributed by atoms with van der Waals surface area (Å²) >= 11 is 0. The van der Waals surface area contributed by atoms with Crippen molar-refractivity contribution >= 4 is 5.97 Å². The average Bonchev–Trinajstić information content (AvgIpc) is 2.47. The average molecular weight is 285 g/mol. The van der Waals surface area contributed by atoms with E-state index in [0.717, 1.165) is 6.42 Å². The van der Waals surface area contributed by atoms with Crippen LogP contribution in [-0.2, 0) is 0 Å². The molecule has 0 spiro atoms. The Morgan fingerprint density at radius 2 is 1.95 bits per heavy atom. The van der Waals surface area contributed by atoms with Crippen LogP contribution in [-0.4, -0.2) is 16.1 Å². The summed E-state index contributed by atoms with van der Waals surface area (Å²) in [6.07, 6.45) is 2.62. The summed E-state index contributed by atoms with van der Waals surface area (Å²) < 4.78 is 5.63. The number of carboxylic acid groups (broad SMARTS) is 1. The normalized spacial score (nSPS) is 12.0. The standard InChI is InChI=1S/C17H19NO3/c1-4-11(2)13-5-7-14(8-6-13)21-16-15(17(19)20)12(3)9-10-18-16/h5-11H,4H2,1-3H3,(H,19,20). The molecular weight excluding hydrogens is 266 g/mol. The first-order valence-corrected chi connectivity index (χ1v) is 6.99. The molecule has 2 aromatic rings. The Labute approximate surface area is 124 Å². The van der Waals surface area contributed by atoms with Crippen LogP contribution in [0.5, 0.6) is 11.6 Å². The van der Waals surface area contributed by atoms with Gasteiger partial charge in [-0.3, -0.25) is 0 Å². The maximum absolute atomic E-state index is 11.3. The van der Waals surface area contributed by atoms with E-state index in [-0.39, 0.29) is 11.4 Å².